The van der Waals surface area contributed by atoms with Gasteiger partial charge in [-0.1, -0.05) is 12.1 Å². The Morgan fingerprint density at radius 3 is 2.91 bits per heavy atom. The van der Waals surface area contributed by atoms with Crippen molar-refractivity contribution in [2.75, 3.05) is 13.1 Å². The van der Waals surface area contributed by atoms with Gasteiger partial charge in [0.05, 0.1) is 5.52 Å². The molecule has 0 radical (unpaired) electrons. The van der Waals surface area contributed by atoms with Crippen molar-refractivity contribution in [1.82, 2.24) is 9.88 Å². The molecular formula is C15H18ClN3O3. The lowest BCUT2D eigenvalue weighted by atomic mass is 10.1. The second-order valence-corrected chi connectivity index (χ2v) is 5.14. The maximum Gasteiger partial charge on any atom is 0.267 e. The Hall–Kier alpha value is -2.05. The van der Waals surface area contributed by atoms with Gasteiger partial charge >= 0.3 is 0 Å². The third kappa shape index (κ3) is 2.44. The minimum atomic E-state index is -0.547. The third-order valence-electron chi connectivity index (χ3n) is 3.84. The summed E-state index contributed by atoms with van der Waals surface area (Å²) in [5.41, 5.74) is 6.51. The van der Waals surface area contributed by atoms with E-state index in [-0.39, 0.29) is 23.7 Å². The molecule has 0 fully saturated rings. The molecule has 4 N–H and O–H groups in total. The van der Waals surface area contributed by atoms with E-state index in [0.717, 1.165) is 17.5 Å². The average Bonchev–Trinajstić information content (AvgIpc) is 2.90. The fourth-order valence-electron chi connectivity index (χ4n) is 2.82. The molecule has 0 saturated heterocycles. The number of aromatic hydroxyl groups is 1. The Morgan fingerprint density at radius 1 is 1.41 bits per heavy atom. The van der Waals surface area contributed by atoms with Crippen molar-refractivity contribution >= 4 is 29.2 Å². The zero-order valence-electron chi connectivity index (χ0n) is 12.0. The van der Waals surface area contributed by atoms with Crippen molar-refractivity contribution in [3.63, 3.8) is 0 Å². The van der Waals surface area contributed by atoms with Crippen molar-refractivity contribution < 1.29 is 9.90 Å². The van der Waals surface area contributed by atoms with Crippen molar-refractivity contribution in [2.24, 2.45) is 5.73 Å². The van der Waals surface area contributed by atoms with Gasteiger partial charge in [-0.25, -0.2) is 0 Å². The average molecular weight is 324 g/mol. The number of halogens is 1. The highest BCUT2D eigenvalue weighted by atomic mass is 35.5. The molecule has 3 rings (SSSR count). The summed E-state index contributed by atoms with van der Waals surface area (Å²) < 4.78 is 1.57. The maximum absolute atomic E-state index is 12.5. The number of aryl methyl sites for hydroxylation is 2. The van der Waals surface area contributed by atoms with E-state index < -0.39 is 11.5 Å². The molecule has 0 aliphatic carbocycles. The summed E-state index contributed by atoms with van der Waals surface area (Å²) in [6.07, 6.45) is 1.36. The summed E-state index contributed by atoms with van der Waals surface area (Å²) >= 11 is 0. The zero-order chi connectivity index (χ0) is 15.0. The smallest absolute Gasteiger partial charge is 0.267 e. The Kier molecular flexibility index (Phi) is 4.73. The Labute approximate surface area is 133 Å². The molecular weight excluding hydrogens is 306 g/mol. The minimum absolute atomic E-state index is 0. The number of amides is 1. The van der Waals surface area contributed by atoms with Crippen LogP contribution in [0.2, 0.25) is 0 Å². The number of hydrogen-bond acceptors (Lipinski definition) is 4. The van der Waals surface area contributed by atoms with E-state index in [9.17, 15) is 14.7 Å². The van der Waals surface area contributed by atoms with Gasteiger partial charge in [-0.15, -0.1) is 12.4 Å². The summed E-state index contributed by atoms with van der Waals surface area (Å²) in [6, 6.07) is 5.49. The molecule has 7 heteroatoms. The topological polar surface area (TPSA) is 97.3 Å². The second-order valence-electron chi connectivity index (χ2n) is 5.14. The minimum Gasteiger partial charge on any atom is -0.506 e. The van der Waals surface area contributed by atoms with Gasteiger partial charge in [0.1, 0.15) is 11.3 Å². The van der Waals surface area contributed by atoms with Crippen LogP contribution in [0.3, 0.4) is 0 Å². The van der Waals surface area contributed by atoms with Crippen molar-refractivity contribution in [3.8, 4) is 5.75 Å². The van der Waals surface area contributed by atoms with Crippen LogP contribution in [0.4, 0.5) is 0 Å². The first-order valence-corrected chi connectivity index (χ1v) is 7.00. The Bertz CT molecular complexity index is 786. The maximum atomic E-state index is 12.5. The number of aromatic nitrogens is 1. The predicted octanol–water partition coefficient (Wildman–Crippen LogP) is 0.764. The predicted molar refractivity (Wildman–Crippen MR) is 86.8 cm³/mol. The quantitative estimate of drug-likeness (QED) is 0.724. The largest absolute Gasteiger partial charge is 0.506 e. The highest BCUT2D eigenvalue weighted by Gasteiger charge is 2.25. The lowest BCUT2D eigenvalue weighted by Gasteiger charge is -2.11. The first-order chi connectivity index (χ1) is 10.1. The van der Waals surface area contributed by atoms with E-state index in [1.807, 2.05) is 12.1 Å². The van der Waals surface area contributed by atoms with Crippen LogP contribution in [0.25, 0.3) is 10.9 Å². The molecule has 1 amide bonds. The molecule has 0 unspecified atom stereocenters. The van der Waals surface area contributed by atoms with E-state index in [4.69, 9.17) is 5.73 Å². The summed E-state index contributed by atoms with van der Waals surface area (Å²) in [5, 5.41) is 13.5. The fraction of sp³-hybridized carbons (Fsp3) is 0.333. The second kappa shape index (κ2) is 6.37. The molecule has 1 aromatic carbocycles. The van der Waals surface area contributed by atoms with Crippen molar-refractivity contribution in [2.45, 2.75) is 19.4 Å². The van der Waals surface area contributed by atoms with Gasteiger partial charge in [0.25, 0.3) is 11.5 Å². The first-order valence-electron chi connectivity index (χ1n) is 7.00. The fourth-order valence-corrected chi connectivity index (χ4v) is 2.82. The summed E-state index contributed by atoms with van der Waals surface area (Å²) in [6.45, 7) is 1.38. The zero-order valence-corrected chi connectivity index (χ0v) is 12.8. The van der Waals surface area contributed by atoms with E-state index in [2.05, 4.69) is 5.32 Å². The van der Waals surface area contributed by atoms with Crippen molar-refractivity contribution in [1.29, 1.82) is 0 Å². The molecule has 1 aliphatic heterocycles. The van der Waals surface area contributed by atoms with E-state index in [0.29, 0.717) is 31.4 Å². The van der Waals surface area contributed by atoms with E-state index in [1.165, 1.54) is 0 Å². The lowest BCUT2D eigenvalue weighted by Crippen LogP contribution is -2.33. The molecule has 0 spiro atoms. The monoisotopic (exact) mass is 323 g/mol. The molecule has 2 heterocycles. The Balaban J connectivity index is 0.00000176. The number of benzene rings is 1. The van der Waals surface area contributed by atoms with E-state index >= 15 is 0 Å². The summed E-state index contributed by atoms with van der Waals surface area (Å²) in [4.78, 5) is 24.6. The summed E-state index contributed by atoms with van der Waals surface area (Å²) in [7, 11) is 0. The van der Waals surface area contributed by atoms with Crippen LogP contribution in [0.15, 0.2) is 23.0 Å². The normalized spacial score (nSPS) is 12.2. The molecule has 22 heavy (non-hydrogen) atoms. The van der Waals surface area contributed by atoms with Gasteiger partial charge in [0.2, 0.25) is 0 Å². The molecule has 1 aliphatic rings. The SMILES string of the molecule is Cl.NCCCNC(=O)c1c(O)c2cccc3c2n(c1=O)CC3. The van der Waals surface area contributed by atoms with Crippen LogP contribution in [0, 0.1) is 0 Å². The van der Waals surface area contributed by atoms with Gasteiger partial charge in [-0.05, 0) is 31.0 Å². The molecule has 118 valence electrons. The standard InChI is InChI=1S/C15H17N3O3.ClH/c16-6-2-7-17-14(20)11-13(19)10-4-1-3-9-5-8-18(12(9)10)15(11)21;/h1,3-4,19H,2,5-8,16H2,(H,17,20);1H. The molecule has 0 saturated carbocycles. The van der Waals surface area contributed by atoms with Gasteiger partial charge < -0.3 is 20.7 Å². The molecule has 0 atom stereocenters. The number of nitrogens with two attached hydrogens (primary N) is 1. The van der Waals surface area contributed by atoms with Crippen LogP contribution in [0.1, 0.15) is 22.3 Å². The number of pyridine rings is 1. The molecule has 6 nitrogen and oxygen atoms in total. The van der Waals surface area contributed by atoms with Gasteiger partial charge in [-0.2, -0.15) is 0 Å². The summed E-state index contributed by atoms with van der Waals surface area (Å²) in [5.74, 6) is -0.783. The number of carbonyl (C=O) groups is 1. The molecule has 2 aromatic rings. The number of rotatable bonds is 4. The van der Waals surface area contributed by atoms with Crippen LogP contribution in [0.5, 0.6) is 5.75 Å². The van der Waals surface area contributed by atoms with Gasteiger partial charge in [-0.3, -0.25) is 9.59 Å². The number of para-hydroxylation sites is 1. The Morgan fingerprint density at radius 2 is 2.18 bits per heavy atom. The number of carbonyl (C=O) groups excluding carboxylic acids is 1. The molecule has 0 bridgehead atoms. The number of hydrogen-bond donors (Lipinski definition) is 3. The van der Waals surface area contributed by atoms with Crippen molar-refractivity contribution in [3.05, 3.63) is 39.7 Å². The van der Waals surface area contributed by atoms with E-state index in [1.54, 1.807) is 10.6 Å². The number of nitrogens with one attached hydrogen (secondary N) is 1. The van der Waals surface area contributed by atoms with Crippen LogP contribution in [-0.4, -0.2) is 28.7 Å². The van der Waals surface area contributed by atoms with Crippen LogP contribution >= 0.6 is 12.4 Å². The highest BCUT2D eigenvalue weighted by Crippen LogP contribution is 2.31. The van der Waals surface area contributed by atoms with Crippen LogP contribution < -0.4 is 16.6 Å². The highest BCUT2D eigenvalue weighted by molar-refractivity contribution is 6.03. The first kappa shape index (κ1) is 16.3. The third-order valence-corrected chi connectivity index (χ3v) is 3.84. The van der Waals surface area contributed by atoms with Gasteiger partial charge in [0.15, 0.2) is 0 Å². The van der Waals surface area contributed by atoms with Gasteiger partial charge in [0, 0.05) is 18.5 Å². The number of nitrogens with zero attached hydrogens (tertiary/aromatic N) is 1. The van der Waals surface area contributed by atoms with Crippen LogP contribution in [-0.2, 0) is 13.0 Å². The molecule has 1 aromatic heterocycles. The lowest BCUT2D eigenvalue weighted by molar-refractivity contribution is 0.0949.